The van der Waals surface area contributed by atoms with Gasteiger partial charge in [-0.3, -0.25) is 14.5 Å². The number of benzene rings is 1. The predicted molar refractivity (Wildman–Crippen MR) is 78.9 cm³/mol. The van der Waals surface area contributed by atoms with Gasteiger partial charge in [0.1, 0.15) is 6.04 Å². The van der Waals surface area contributed by atoms with Gasteiger partial charge in [0.25, 0.3) is 0 Å². The van der Waals surface area contributed by atoms with Gasteiger partial charge in [0.05, 0.1) is 30.5 Å². The highest BCUT2D eigenvalue weighted by molar-refractivity contribution is 6.35. The van der Waals surface area contributed by atoms with Gasteiger partial charge in [-0.2, -0.15) is 0 Å². The van der Waals surface area contributed by atoms with E-state index in [0.717, 1.165) is 0 Å². The summed E-state index contributed by atoms with van der Waals surface area (Å²) in [5, 5.41) is 12.5. The van der Waals surface area contributed by atoms with E-state index < -0.39 is 12.0 Å². The fourth-order valence-corrected chi connectivity index (χ4v) is 2.36. The van der Waals surface area contributed by atoms with Crippen LogP contribution in [0.1, 0.15) is 0 Å². The molecule has 0 aromatic heterocycles. The molecule has 0 radical (unpaired) electrons. The zero-order valence-electron chi connectivity index (χ0n) is 11.0. The predicted octanol–water partition coefficient (Wildman–Crippen LogP) is 1.72. The number of carboxylic acids is 1. The maximum atomic E-state index is 12.0. The molecule has 1 aromatic carbocycles. The highest BCUT2D eigenvalue weighted by atomic mass is 35.5. The van der Waals surface area contributed by atoms with E-state index in [2.05, 4.69) is 5.32 Å². The van der Waals surface area contributed by atoms with Gasteiger partial charge in [-0.05, 0) is 18.2 Å². The smallest absolute Gasteiger partial charge is 0.323 e. The van der Waals surface area contributed by atoms with Crippen LogP contribution in [0.5, 0.6) is 0 Å². The highest BCUT2D eigenvalue weighted by Gasteiger charge is 2.30. The van der Waals surface area contributed by atoms with Gasteiger partial charge < -0.3 is 15.2 Å². The standard InChI is InChI=1S/C13H14Cl2N2O4/c14-8-1-2-9(15)10(5-8)16-12(18)6-17-3-4-21-7-11(17)13(19)20/h1-2,5,11H,3-4,6-7H2,(H,16,18)(H,19,20). The highest BCUT2D eigenvalue weighted by Crippen LogP contribution is 2.25. The van der Waals surface area contributed by atoms with Crippen molar-refractivity contribution in [1.29, 1.82) is 0 Å². The monoisotopic (exact) mass is 332 g/mol. The van der Waals surface area contributed by atoms with Crippen molar-refractivity contribution < 1.29 is 19.4 Å². The molecular formula is C13H14Cl2N2O4. The summed E-state index contributed by atoms with van der Waals surface area (Å²) in [6.07, 6.45) is 0. The molecule has 0 spiro atoms. The lowest BCUT2D eigenvalue weighted by molar-refractivity contribution is -0.150. The number of halogens is 2. The molecule has 2 N–H and O–H groups in total. The first-order valence-corrected chi connectivity index (χ1v) is 7.02. The number of aliphatic carboxylic acids is 1. The third-order valence-electron chi connectivity index (χ3n) is 3.07. The minimum Gasteiger partial charge on any atom is -0.480 e. The fourth-order valence-electron chi connectivity index (χ4n) is 2.02. The van der Waals surface area contributed by atoms with Crippen molar-refractivity contribution in [2.24, 2.45) is 0 Å². The van der Waals surface area contributed by atoms with Crippen molar-refractivity contribution in [2.75, 3.05) is 31.6 Å². The van der Waals surface area contributed by atoms with Crippen LogP contribution in [0.25, 0.3) is 0 Å². The van der Waals surface area contributed by atoms with Crippen LogP contribution in [0, 0.1) is 0 Å². The molecule has 1 atom stereocenters. The molecule has 0 saturated carbocycles. The van der Waals surface area contributed by atoms with Crippen LogP contribution in [0.15, 0.2) is 18.2 Å². The molecule has 1 aliphatic heterocycles. The van der Waals surface area contributed by atoms with Gasteiger partial charge in [0, 0.05) is 11.6 Å². The number of hydrogen-bond acceptors (Lipinski definition) is 4. The van der Waals surface area contributed by atoms with Crippen molar-refractivity contribution in [3.05, 3.63) is 28.2 Å². The molecule has 1 aromatic rings. The van der Waals surface area contributed by atoms with Gasteiger partial charge in [0.15, 0.2) is 0 Å². The summed E-state index contributed by atoms with van der Waals surface area (Å²) in [5.74, 6) is -1.37. The molecule has 1 fully saturated rings. The number of anilines is 1. The van der Waals surface area contributed by atoms with Crippen LogP contribution in [-0.2, 0) is 14.3 Å². The Bertz CT molecular complexity index is 553. The average Bonchev–Trinajstić information content (AvgIpc) is 2.43. The Kier molecular flexibility index (Phi) is 5.41. The summed E-state index contributed by atoms with van der Waals surface area (Å²) in [7, 11) is 0. The summed E-state index contributed by atoms with van der Waals surface area (Å²) in [5.41, 5.74) is 0.398. The number of nitrogens with one attached hydrogen (secondary N) is 1. The van der Waals surface area contributed by atoms with Gasteiger partial charge in [0.2, 0.25) is 5.91 Å². The first-order chi connectivity index (χ1) is 9.97. The SMILES string of the molecule is O=C(CN1CCOCC1C(=O)O)Nc1cc(Cl)ccc1Cl. The van der Waals surface area contributed by atoms with E-state index in [1.54, 1.807) is 17.0 Å². The number of hydrogen-bond donors (Lipinski definition) is 2. The normalized spacial score (nSPS) is 19.2. The number of carbonyl (C=O) groups excluding carboxylic acids is 1. The van der Waals surface area contributed by atoms with Crippen LogP contribution in [0.2, 0.25) is 10.0 Å². The first-order valence-electron chi connectivity index (χ1n) is 6.27. The molecule has 1 heterocycles. The van der Waals surface area contributed by atoms with Crippen molar-refractivity contribution >= 4 is 40.8 Å². The van der Waals surface area contributed by atoms with Gasteiger partial charge >= 0.3 is 5.97 Å². The van der Waals surface area contributed by atoms with Crippen molar-refractivity contribution in [3.63, 3.8) is 0 Å². The Balaban J connectivity index is 2.00. The second-order valence-corrected chi connectivity index (χ2v) is 5.42. The molecule has 1 unspecified atom stereocenters. The lowest BCUT2D eigenvalue weighted by Crippen LogP contribution is -2.52. The summed E-state index contributed by atoms with van der Waals surface area (Å²) in [6, 6.07) is 3.91. The van der Waals surface area contributed by atoms with Gasteiger partial charge in [-0.1, -0.05) is 23.2 Å². The lowest BCUT2D eigenvalue weighted by atomic mass is 10.2. The molecule has 114 valence electrons. The third kappa shape index (κ3) is 4.31. The number of ether oxygens (including phenoxy) is 1. The van der Waals surface area contributed by atoms with Gasteiger partial charge in [-0.25, -0.2) is 0 Å². The fraction of sp³-hybridized carbons (Fsp3) is 0.385. The van der Waals surface area contributed by atoms with E-state index in [0.29, 0.717) is 28.9 Å². The quantitative estimate of drug-likeness (QED) is 0.877. The van der Waals surface area contributed by atoms with Crippen molar-refractivity contribution in [1.82, 2.24) is 4.90 Å². The number of carbonyl (C=O) groups is 2. The van der Waals surface area contributed by atoms with Crippen LogP contribution >= 0.6 is 23.2 Å². The van der Waals surface area contributed by atoms with Gasteiger partial charge in [-0.15, -0.1) is 0 Å². The van der Waals surface area contributed by atoms with E-state index in [1.165, 1.54) is 6.07 Å². The van der Waals surface area contributed by atoms with Crippen LogP contribution in [0.4, 0.5) is 5.69 Å². The largest absolute Gasteiger partial charge is 0.480 e. The van der Waals surface area contributed by atoms with E-state index in [-0.39, 0.29) is 19.1 Å². The molecule has 8 heteroatoms. The Morgan fingerprint density at radius 1 is 1.43 bits per heavy atom. The number of amides is 1. The number of carboxylic acid groups (broad SMARTS) is 1. The minimum absolute atomic E-state index is 0.0524. The summed E-state index contributed by atoms with van der Waals surface area (Å²) in [4.78, 5) is 24.7. The Hall–Kier alpha value is -1.34. The summed E-state index contributed by atoms with van der Waals surface area (Å²) >= 11 is 11.8. The molecule has 21 heavy (non-hydrogen) atoms. The zero-order valence-corrected chi connectivity index (χ0v) is 12.5. The second-order valence-electron chi connectivity index (χ2n) is 4.57. The topological polar surface area (TPSA) is 78.9 Å². The minimum atomic E-state index is -1.01. The van der Waals surface area contributed by atoms with E-state index in [4.69, 9.17) is 33.0 Å². The van der Waals surface area contributed by atoms with Crippen molar-refractivity contribution in [3.8, 4) is 0 Å². The number of nitrogens with zero attached hydrogens (tertiary/aromatic N) is 1. The van der Waals surface area contributed by atoms with E-state index >= 15 is 0 Å². The number of morpholine rings is 1. The van der Waals surface area contributed by atoms with Crippen LogP contribution in [0.3, 0.4) is 0 Å². The molecule has 6 nitrogen and oxygen atoms in total. The molecule has 1 saturated heterocycles. The molecule has 0 aliphatic carbocycles. The zero-order chi connectivity index (χ0) is 15.4. The first kappa shape index (κ1) is 16.0. The summed E-state index contributed by atoms with van der Waals surface area (Å²) < 4.78 is 5.12. The second kappa shape index (κ2) is 7.09. The van der Waals surface area contributed by atoms with Crippen molar-refractivity contribution in [2.45, 2.75) is 6.04 Å². The van der Waals surface area contributed by atoms with Crippen LogP contribution in [-0.4, -0.2) is 54.2 Å². The van der Waals surface area contributed by atoms with Crippen LogP contribution < -0.4 is 5.32 Å². The Labute approximate surface area is 131 Å². The van der Waals surface area contributed by atoms with E-state index in [9.17, 15) is 9.59 Å². The third-order valence-corrected chi connectivity index (χ3v) is 3.64. The average molecular weight is 333 g/mol. The maximum absolute atomic E-state index is 12.0. The molecule has 2 rings (SSSR count). The molecular weight excluding hydrogens is 319 g/mol. The Morgan fingerprint density at radius 3 is 2.90 bits per heavy atom. The molecule has 1 aliphatic rings. The summed E-state index contributed by atoms with van der Waals surface area (Å²) in [6.45, 7) is 0.798. The number of rotatable bonds is 4. The molecule has 1 amide bonds. The molecule has 0 bridgehead atoms. The lowest BCUT2D eigenvalue weighted by Gasteiger charge is -2.32. The maximum Gasteiger partial charge on any atom is 0.323 e. The van der Waals surface area contributed by atoms with E-state index in [1.807, 2.05) is 0 Å². The Morgan fingerprint density at radius 2 is 2.19 bits per heavy atom.